The quantitative estimate of drug-likeness (QED) is 0.882. The summed E-state index contributed by atoms with van der Waals surface area (Å²) in [6.07, 6.45) is 6.14. The summed E-state index contributed by atoms with van der Waals surface area (Å²) in [5.41, 5.74) is 0.245. The summed E-state index contributed by atoms with van der Waals surface area (Å²) in [4.78, 5) is 12.0. The number of hydrogen-bond acceptors (Lipinski definition) is 2. The van der Waals surface area contributed by atoms with Gasteiger partial charge in [0.15, 0.2) is 0 Å². The zero-order valence-corrected chi connectivity index (χ0v) is 12.6. The van der Waals surface area contributed by atoms with Crippen molar-refractivity contribution in [2.75, 3.05) is 6.54 Å². The van der Waals surface area contributed by atoms with Gasteiger partial charge in [0.2, 0.25) is 0 Å². The number of rotatable bonds is 4. The lowest BCUT2D eigenvalue weighted by Crippen LogP contribution is -2.27. The van der Waals surface area contributed by atoms with Crippen LogP contribution in [0.2, 0.25) is 5.02 Å². The molecule has 2 rings (SSSR count). The van der Waals surface area contributed by atoms with Gasteiger partial charge in [-0.3, -0.25) is 4.79 Å². The Morgan fingerprint density at radius 2 is 2.05 bits per heavy atom. The van der Waals surface area contributed by atoms with Crippen LogP contribution >= 0.6 is 11.6 Å². The first-order valence-electron chi connectivity index (χ1n) is 7.33. The van der Waals surface area contributed by atoms with E-state index in [-0.39, 0.29) is 17.2 Å². The van der Waals surface area contributed by atoms with Crippen molar-refractivity contribution in [3.8, 4) is 5.75 Å². The minimum absolute atomic E-state index is 0.0293. The van der Waals surface area contributed by atoms with E-state index in [2.05, 4.69) is 12.2 Å². The van der Waals surface area contributed by atoms with Gasteiger partial charge in [0, 0.05) is 11.6 Å². The Morgan fingerprint density at radius 3 is 2.75 bits per heavy atom. The van der Waals surface area contributed by atoms with Crippen LogP contribution in [0.25, 0.3) is 0 Å². The van der Waals surface area contributed by atoms with Gasteiger partial charge in [-0.05, 0) is 36.5 Å². The fraction of sp³-hybridized carbons (Fsp3) is 0.562. The molecule has 110 valence electrons. The number of aromatic hydroxyl groups is 1. The number of carbonyl (C=O) groups excluding carboxylic acids is 1. The highest BCUT2D eigenvalue weighted by Gasteiger charge is 2.18. The van der Waals surface area contributed by atoms with E-state index in [9.17, 15) is 9.90 Å². The summed E-state index contributed by atoms with van der Waals surface area (Å²) in [7, 11) is 0. The average molecular weight is 296 g/mol. The van der Waals surface area contributed by atoms with Gasteiger partial charge >= 0.3 is 0 Å². The number of phenolic OH excluding ortho intramolecular Hbond substituents is 1. The molecule has 0 heterocycles. The molecule has 1 saturated carbocycles. The van der Waals surface area contributed by atoms with E-state index in [1.165, 1.54) is 37.8 Å². The molecule has 1 aromatic carbocycles. The Kier molecular flexibility index (Phi) is 5.30. The molecule has 1 fully saturated rings. The largest absolute Gasteiger partial charge is 0.507 e. The normalized spacial score (nSPS) is 22.5. The molecular weight excluding hydrogens is 274 g/mol. The van der Waals surface area contributed by atoms with Gasteiger partial charge in [0.1, 0.15) is 5.75 Å². The van der Waals surface area contributed by atoms with Crippen LogP contribution in [-0.4, -0.2) is 17.6 Å². The maximum absolute atomic E-state index is 12.0. The van der Waals surface area contributed by atoms with Crippen LogP contribution in [-0.2, 0) is 0 Å². The van der Waals surface area contributed by atoms with E-state index in [1.54, 1.807) is 6.07 Å². The van der Waals surface area contributed by atoms with Crippen LogP contribution in [0.15, 0.2) is 18.2 Å². The first-order chi connectivity index (χ1) is 9.56. The molecule has 1 aliphatic carbocycles. The number of halogens is 1. The molecule has 0 saturated heterocycles. The zero-order chi connectivity index (χ0) is 14.5. The Bertz CT molecular complexity index is 468. The van der Waals surface area contributed by atoms with Crippen LogP contribution < -0.4 is 5.32 Å². The molecule has 0 aromatic heterocycles. The van der Waals surface area contributed by atoms with Crippen molar-refractivity contribution in [3.05, 3.63) is 28.8 Å². The summed E-state index contributed by atoms with van der Waals surface area (Å²) in [5, 5.41) is 13.0. The van der Waals surface area contributed by atoms with E-state index in [1.807, 2.05) is 0 Å². The maximum Gasteiger partial charge on any atom is 0.255 e. The summed E-state index contributed by atoms with van der Waals surface area (Å²) in [6.45, 7) is 2.96. The highest BCUT2D eigenvalue weighted by atomic mass is 35.5. The van der Waals surface area contributed by atoms with E-state index in [0.717, 1.165) is 18.3 Å². The lowest BCUT2D eigenvalue weighted by atomic mass is 9.81. The number of phenols is 1. The van der Waals surface area contributed by atoms with Gasteiger partial charge in [-0.2, -0.15) is 0 Å². The number of nitrogens with one attached hydrogen (secondary N) is 1. The lowest BCUT2D eigenvalue weighted by Gasteiger charge is -2.26. The number of benzene rings is 1. The Labute approximate surface area is 125 Å². The summed E-state index contributed by atoms with van der Waals surface area (Å²) in [6, 6.07) is 4.51. The highest BCUT2D eigenvalue weighted by molar-refractivity contribution is 6.31. The third-order valence-corrected chi connectivity index (χ3v) is 4.41. The maximum atomic E-state index is 12.0. The zero-order valence-electron chi connectivity index (χ0n) is 11.9. The van der Waals surface area contributed by atoms with Crippen LogP contribution in [0, 0.1) is 11.8 Å². The Morgan fingerprint density at radius 1 is 1.35 bits per heavy atom. The third kappa shape index (κ3) is 4.14. The van der Waals surface area contributed by atoms with E-state index in [0.29, 0.717) is 11.6 Å². The van der Waals surface area contributed by atoms with Crippen LogP contribution in [0.5, 0.6) is 5.75 Å². The molecule has 0 radical (unpaired) electrons. The van der Waals surface area contributed by atoms with Crippen molar-refractivity contribution in [1.82, 2.24) is 5.32 Å². The predicted molar refractivity (Wildman–Crippen MR) is 81.2 cm³/mol. The second-order valence-electron chi connectivity index (χ2n) is 5.83. The van der Waals surface area contributed by atoms with Gasteiger partial charge in [-0.25, -0.2) is 0 Å². The first-order valence-corrected chi connectivity index (χ1v) is 7.70. The molecule has 20 heavy (non-hydrogen) atoms. The van der Waals surface area contributed by atoms with Crippen molar-refractivity contribution in [1.29, 1.82) is 0 Å². The number of amides is 1. The van der Waals surface area contributed by atoms with Crippen LogP contribution in [0.3, 0.4) is 0 Å². The average Bonchev–Trinajstić information content (AvgIpc) is 2.43. The first kappa shape index (κ1) is 15.2. The van der Waals surface area contributed by atoms with E-state index < -0.39 is 0 Å². The molecule has 2 N–H and O–H groups in total. The topological polar surface area (TPSA) is 49.3 Å². The standard InChI is InChI=1S/C16H22ClNO2/c1-11-2-4-12(5-3-11)8-9-18-16(20)14-10-13(17)6-7-15(14)19/h6-7,10-12,19H,2-5,8-9H2,1H3,(H,18,20). The molecule has 1 amide bonds. The second kappa shape index (κ2) is 6.98. The minimum atomic E-state index is -0.255. The third-order valence-electron chi connectivity index (χ3n) is 4.18. The molecular formula is C16H22ClNO2. The van der Waals surface area contributed by atoms with Gasteiger partial charge in [0.05, 0.1) is 5.56 Å². The molecule has 4 heteroatoms. The van der Waals surface area contributed by atoms with Crippen molar-refractivity contribution in [2.45, 2.75) is 39.0 Å². The van der Waals surface area contributed by atoms with Gasteiger partial charge in [0.25, 0.3) is 5.91 Å². The smallest absolute Gasteiger partial charge is 0.255 e. The molecule has 0 atom stereocenters. The van der Waals surface area contributed by atoms with Gasteiger partial charge < -0.3 is 10.4 Å². The SMILES string of the molecule is CC1CCC(CCNC(=O)c2cc(Cl)ccc2O)CC1. The van der Waals surface area contributed by atoms with Crippen molar-refractivity contribution in [2.24, 2.45) is 11.8 Å². The van der Waals surface area contributed by atoms with Crippen molar-refractivity contribution >= 4 is 17.5 Å². The molecule has 3 nitrogen and oxygen atoms in total. The number of carbonyl (C=O) groups is 1. The van der Waals surface area contributed by atoms with Gasteiger partial charge in [-0.15, -0.1) is 0 Å². The molecule has 0 aliphatic heterocycles. The highest BCUT2D eigenvalue weighted by Crippen LogP contribution is 2.30. The van der Waals surface area contributed by atoms with Crippen molar-refractivity contribution < 1.29 is 9.90 Å². The fourth-order valence-corrected chi connectivity index (χ4v) is 2.97. The molecule has 1 aromatic rings. The molecule has 0 spiro atoms. The monoisotopic (exact) mass is 295 g/mol. The van der Waals surface area contributed by atoms with E-state index in [4.69, 9.17) is 11.6 Å². The predicted octanol–water partition coefficient (Wildman–Crippen LogP) is 3.99. The summed E-state index contributed by atoms with van der Waals surface area (Å²) >= 11 is 5.84. The van der Waals surface area contributed by atoms with Gasteiger partial charge in [-0.1, -0.05) is 44.2 Å². The molecule has 0 unspecified atom stereocenters. The van der Waals surface area contributed by atoms with Crippen LogP contribution in [0.4, 0.5) is 0 Å². The Hall–Kier alpha value is -1.22. The number of hydrogen-bond donors (Lipinski definition) is 2. The lowest BCUT2D eigenvalue weighted by molar-refractivity contribution is 0.0947. The fourth-order valence-electron chi connectivity index (χ4n) is 2.79. The molecule has 1 aliphatic rings. The second-order valence-corrected chi connectivity index (χ2v) is 6.27. The van der Waals surface area contributed by atoms with Crippen LogP contribution in [0.1, 0.15) is 49.4 Å². The van der Waals surface area contributed by atoms with E-state index >= 15 is 0 Å². The molecule has 0 bridgehead atoms. The Balaban J connectivity index is 1.79. The summed E-state index contributed by atoms with van der Waals surface area (Å²) < 4.78 is 0. The summed E-state index contributed by atoms with van der Waals surface area (Å²) in [5.74, 6) is 1.29. The minimum Gasteiger partial charge on any atom is -0.507 e. The van der Waals surface area contributed by atoms with Crippen molar-refractivity contribution in [3.63, 3.8) is 0 Å².